The van der Waals surface area contributed by atoms with Crippen molar-refractivity contribution in [3.63, 3.8) is 0 Å². The summed E-state index contributed by atoms with van der Waals surface area (Å²) in [5.41, 5.74) is 0. The average Bonchev–Trinajstić information content (AvgIpc) is 2.03. The standard InChI is InChI=1S/4H3N2.Ti/c4*1-2;/h4*1H,2H2;/q4*-1;+4. The van der Waals surface area contributed by atoms with Crippen LogP contribution in [0.25, 0.3) is 23.4 Å². The second-order valence-electron chi connectivity index (χ2n) is 0. The summed E-state index contributed by atoms with van der Waals surface area (Å²) in [6.45, 7) is 0. The average molecular weight is 172 g/mol. The molecule has 9 heteroatoms. The molecule has 0 radical (unpaired) electrons. The maximum Gasteiger partial charge on any atom is 4.00 e. The van der Waals surface area contributed by atoms with E-state index in [-0.39, 0.29) is 21.7 Å². The minimum atomic E-state index is 0. The Labute approximate surface area is 69.0 Å². The molecule has 0 spiro atoms. The molecule has 0 aliphatic heterocycles. The van der Waals surface area contributed by atoms with E-state index >= 15 is 0 Å². The number of rotatable bonds is 0. The van der Waals surface area contributed by atoms with Gasteiger partial charge in [0.25, 0.3) is 0 Å². The molecule has 0 fully saturated rings. The Kier molecular flexibility index (Phi) is 11200. The molecule has 56 valence electrons. The van der Waals surface area contributed by atoms with E-state index < -0.39 is 0 Å². The molecule has 0 aliphatic carbocycles. The van der Waals surface area contributed by atoms with Crippen molar-refractivity contribution < 1.29 is 21.7 Å². The van der Waals surface area contributed by atoms with E-state index in [0.717, 1.165) is 0 Å². The van der Waals surface area contributed by atoms with Gasteiger partial charge in [-0.2, -0.15) is 0 Å². The molecule has 0 atom stereocenters. The third-order valence-electron chi connectivity index (χ3n) is 0. The maximum atomic E-state index is 5.25. The van der Waals surface area contributed by atoms with Gasteiger partial charge in [0.1, 0.15) is 0 Å². The molecular formula is H12N8Ti. The summed E-state index contributed by atoms with van der Waals surface area (Å²) in [7, 11) is 0. The molecule has 0 amide bonds. The van der Waals surface area contributed by atoms with Gasteiger partial charge < -0.3 is 46.7 Å². The molecule has 0 saturated carbocycles. The first-order chi connectivity index (χ1) is 4.00. The van der Waals surface area contributed by atoms with Gasteiger partial charge in [0.05, 0.1) is 0 Å². The summed E-state index contributed by atoms with van der Waals surface area (Å²) in [5.74, 6) is 36.0. The van der Waals surface area contributed by atoms with E-state index in [4.69, 9.17) is 23.4 Å². The largest absolute Gasteiger partial charge is 4.00 e. The van der Waals surface area contributed by atoms with E-state index in [9.17, 15) is 0 Å². The van der Waals surface area contributed by atoms with Crippen LogP contribution in [0, 0.1) is 0 Å². The van der Waals surface area contributed by atoms with Gasteiger partial charge in [-0.25, -0.2) is 0 Å². The Bertz CT molecular complexity index is 4.53. The van der Waals surface area contributed by atoms with Gasteiger partial charge in [-0.3, -0.25) is 0 Å². The first-order valence-corrected chi connectivity index (χ1v) is 1.15. The topological polar surface area (TPSA) is 199 Å². The van der Waals surface area contributed by atoms with Crippen LogP contribution in [-0.4, -0.2) is 0 Å². The molecule has 9 heavy (non-hydrogen) atoms. The summed E-state index contributed by atoms with van der Waals surface area (Å²) in [6, 6.07) is 0. The molecule has 0 bridgehead atoms. The number of hydrogen-bond donors (Lipinski definition) is 4. The Morgan fingerprint density at radius 2 is 0.444 bits per heavy atom. The Hall–Kier alpha value is 0.394. The van der Waals surface area contributed by atoms with Crippen LogP contribution in [0.3, 0.4) is 0 Å². The van der Waals surface area contributed by atoms with Crippen molar-refractivity contribution in [3.05, 3.63) is 23.4 Å². The van der Waals surface area contributed by atoms with E-state index in [1.54, 1.807) is 0 Å². The van der Waals surface area contributed by atoms with Crippen LogP contribution in [0.5, 0.6) is 0 Å². The fourth-order valence-electron chi connectivity index (χ4n) is 0. The van der Waals surface area contributed by atoms with Gasteiger partial charge in [0.15, 0.2) is 0 Å². The van der Waals surface area contributed by atoms with Crippen LogP contribution >= 0.6 is 0 Å². The van der Waals surface area contributed by atoms with Crippen molar-refractivity contribution in [3.8, 4) is 0 Å². The predicted octanol–water partition coefficient (Wildman–Crippen LogP) is -0.353. The van der Waals surface area contributed by atoms with Crippen LogP contribution in [0.15, 0.2) is 0 Å². The van der Waals surface area contributed by atoms with Crippen molar-refractivity contribution >= 4 is 0 Å². The third-order valence-corrected chi connectivity index (χ3v) is 0. The summed E-state index contributed by atoms with van der Waals surface area (Å²) >= 11 is 0. The van der Waals surface area contributed by atoms with Gasteiger partial charge in [-0.15, -0.1) is 0 Å². The van der Waals surface area contributed by atoms with Crippen LogP contribution in [0.4, 0.5) is 0 Å². The van der Waals surface area contributed by atoms with Crippen LogP contribution in [-0.2, 0) is 21.7 Å². The minimum Gasteiger partial charge on any atom is -0.615 e. The van der Waals surface area contributed by atoms with Crippen LogP contribution in [0.1, 0.15) is 0 Å². The number of nitrogens with two attached hydrogens (primary N) is 4. The molecule has 0 heterocycles. The molecule has 12 N–H and O–H groups in total. The van der Waals surface area contributed by atoms with Crippen molar-refractivity contribution in [2.45, 2.75) is 0 Å². The van der Waals surface area contributed by atoms with Gasteiger partial charge in [-0.1, -0.05) is 0 Å². The Morgan fingerprint density at radius 1 is 0.444 bits per heavy atom. The molecule has 0 aromatic rings. The zero-order valence-electron chi connectivity index (χ0n) is 4.81. The SMILES string of the molecule is [NH-]N.[NH-]N.[NH-]N.[NH-]N.[Ti+4]. The minimum absolute atomic E-state index is 0. The van der Waals surface area contributed by atoms with Gasteiger partial charge >= 0.3 is 21.7 Å². The number of hydrogen-bond acceptors (Lipinski definition) is 4. The van der Waals surface area contributed by atoms with E-state index in [1.807, 2.05) is 0 Å². The Morgan fingerprint density at radius 3 is 0.444 bits per heavy atom. The molecule has 0 saturated heterocycles. The smallest absolute Gasteiger partial charge is 0.615 e. The van der Waals surface area contributed by atoms with Crippen molar-refractivity contribution in [1.82, 2.24) is 0 Å². The normalized spacial score (nSPS) is 2.67. The maximum absolute atomic E-state index is 5.25. The van der Waals surface area contributed by atoms with Gasteiger partial charge in [0.2, 0.25) is 0 Å². The second-order valence-corrected chi connectivity index (χ2v) is 0. The van der Waals surface area contributed by atoms with Gasteiger partial charge in [0, 0.05) is 0 Å². The zero-order valence-corrected chi connectivity index (χ0v) is 6.37. The Balaban J connectivity index is -0.00000000762. The van der Waals surface area contributed by atoms with Gasteiger partial charge in [-0.05, 0) is 0 Å². The first kappa shape index (κ1) is 34.3. The monoisotopic (exact) mass is 172 g/mol. The van der Waals surface area contributed by atoms with E-state index in [0.29, 0.717) is 0 Å². The molecule has 0 unspecified atom stereocenters. The van der Waals surface area contributed by atoms with E-state index in [2.05, 4.69) is 23.4 Å². The van der Waals surface area contributed by atoms with Crippen LogP contribution in [0.2, 0.25) is 0 Å². The third kappa shape index (κ3) is 2210. The molecule has 0 aromatic carbocycles. The molecule has 0 rings (SSSR count). The van der Waals surface area contributed by atoms with Crippen molar-refractivity contribution in [2.24, 2.45) is 23.4 Å². The van der Waals surface area contributed by atoms with Crippen LogP contribution < -0.4 is 23.4 Å². The zero-order chi connectivity index (χ0) is 8.00. The molecule has 0 aliphatic rings. The molecule has 8 nitrogen and oxygen atoms in total. The molecule has 0 aromatic heterocycles. The van der Waals surface area contributed by atoms with Crippen molar-refractivity contribution in [2.75, 3.05) is 0 Å². The second kappa shape index (κ2) is 2950. The quantitative estimate of drug-likeness (QED) is 0.219. The predicted molar refractivity (Wildman–Crippen MR) is 34.0 cm³/mol. The van der Waals surface area contributed by atoms with Crippen molar-refractivity contribution in [1.29, 1.82) is 0 Å². The molecular weight excluding hydrogens is 160 g/mol. The fourth-order valence-corrected chi connectivity index (χ4v) is 0. The summed E-state index contributed by atoms with van der Waals surface area (Å²) in [5, 5.41) is 0. The summed E-state index contributed by atoms with van der Waals surface area (Å²) in [6.07, 6.45) is 0. The number of nitrogens with one attached hydrogen (secondary N) is 4. The van der Waals surface area contributed by atoms with E-state index in [1.165, 1.54) is 0 Å². The first-order valence-electron chi connectivity index (χ1n) is 1.15. The fraction of sp³-hybridized carbons (Fsp3) is 0. The summed E-state index contributed by atoms with van der Waals surface area (Å²) < 4.78 is 0. The summed E-state index contributed by atoms with van der Waals surface area (Å²) in [4.78, 5) is 0.